The zero-order chi connectivity index (χ0) is 19.1. The highest BCUT2D eigenvalue weighted by Crippen LogP contribution is 2.09. The molecule has 0 saturated heterocycles. The molecule has 1 atom stereocenters. The van der Waals surface area contributed by atoms with E-state index in [0.29, 0.717) is 0 Å². The predicted molar refractivity (Wildman–Crippen MR) is 91.5 cm³/mol. The fraction of sp³-hybridized carbons (Fsp3) is 0.722. The largest absolute Gasteiger partial charge is 0.462 e. The molecule has 0 bridgehead atoms. The van der Waals surface area contributed by atoms with Crippen molar-refractivity contribution in [3.8, 4) is 0 Å². The first kappa shape index (κ1) is 23.3. The molecule has 0 radical (unpaired) electrons. The quantitative estimate of drug-likeness (QED) is 0.212. The van der Waals surface area contributed by atoms with Gasteiger partial charge in [-0.1, -0.05) is 58.4 Å². The van der Waals surface area contributed by atoms with Crippen molar-refractivity contribution in [3.05, 3.63) is 12.2 Å². The SMILES string of the molecule is C=C(CC(=O)OC(=O)C(O)CO)C(=O)OCCCCCCCCCC. The molecular weight excluding hydrogens is 328 g/mol. The Morgan fingerprint density at radius 2 is 1.56 bits per heavy atom. The summed E-state index contributed by atoms with van der Waals surface area (Å²) in [7, 11) is 0. The van der Waals surface area contributed by atoms with Gasteiger partial charge in [-0.15, -0.1) is 0 Å². The van der Waals surface area contributed by atoms with E-state index in [1.54, 1.807) is 0 Å². The summed E-state index contributed by atoms with van der Waals surface area (Å²) < 4.78 is 9.27. The molecule has 0 aliphatic heterocycles. The second-order valence-corrected chi connectivity index (χ2v) is 5.88. The smallest absolute Gasteiger partial charge is 0.345 e. The fourth-order valence-electron chi connectivity index (χ4n) is 2.04. The van der Waals surface area contributed by atoms with Crippen molar-refractivity contribution >= 4 is 17.9 Å². The van der Waals surface area contributed by atoms with Crippen LogP contribution in [-0.4, -0.2) is 47.4 Å². The molecule has 0 aliphatic carbocycles. The van der Waals surface area contributed by atoms with E-state index in [1.807, 2.05) is 0 Å². The van der Waals surface area contributed by atoms with E-state index >= 15 is 0 Å². The van der Waals surface area contributed by atoms with Gasteiger partial charge < -0.3 is 19.7 Å². The van der Waals surface area contributed by atoms with Gasteiger partial charge in [-0.05, 0) is 6.42 Å². The fourth-order valence-corrected chi connectivity index (χ4v) is 2.04. The third kappa shape index (κ3) is 12.3. The van der Waals surface area contributed by atoms with Gasteiger partial charge in [-0.2, -0.15) is 0 Å². The third-order valence-electron chi connectivity index (χ3n) is 3.54. The monoisotopic (exact) mass is 358 g/mol. The second kappa shape index (κ2) is 14.6. The van der Waals surface area contributed by atoms with E-state index < -0.39 is 37.0 Å². The topological polar surface area (TPSA) is 110 Å². The highest BCUT2D eigenvalue weighted by Gasteiger charge is 2.21. The van der Waals surface area contributed by atoms with Crippen LogP contribution in [0.5, 0.6) is 0 Å². The second-order valence-electron chi connectivity index (χ2n) is 5.88. The Labute approximate surface area is 149 Å². The number of aliphatic hydroxyl groups is 2. The third-order valence-corrected chi connectivity index (χ3v) is 3.54. The van der Waals surface area contributed by atoms with E-state index in [4.69, 9.17) is 14.9 Å². The molecule has 0 heterocycles. The van der Waals surface area contributed by atoms with Gasteiger partial charge in [0.15, 0.2) is 6.10 Å². The molecule has 0 spiro atoms. The minimum atomic E-state index is -1.79. The van der Waals surface area contributed by atoms with Crippen LogP contribution in [0.25, 0.3) is 0 Å². The van der Waals surface area contributed by atoms with Gasteiger partial charge in [-0.25, -0.2) is 9.59 Å². The van der Waals surface area contributed by atoms with Gasteiger partial charge in [0, 0.05) is 5.57 Å². The highest BCUT2D eigenvalue weighted by molar-refractivity contribution is 5.96. The van der Waals surface area contributed by atoms with Crippen LogP contribution in [0.2, 0.25) is 0 Å². The van der Waals surface area contributed by atoms with Crippen molar-refractivity contribution < 1.29 is 34.1 Å². The number of hydrogen-bond donors (Lipinski definition) is 2. The molecule has 0 aromatic rings. The minimum Gasteiger partial charge on any atom is -0.462 e. The minimum absolute atomic E-state index is 0.129. The number of rotatable bonds is 14. The lowest BCUT2D eigenvalue weighted by atomic mass is 10.1. The molecule has 7 nitrogen and oxygen atoms in total. The Morgan fingerprint density at radius 1 is 1.00 bits per heavy atom. The Morgan fingerprint density at radius 3 is 2.12 bits per heavy atom. The summed E-state index contributed by atoms with van der Waals surface area (Å²) in [4.78, 5) is 34.2. The van der Waals surface area contributed by atoms with Gasteiger partial charge in [-0.3, -0.25) is 4.79 Å². The molecule has 7 heteroatoms. The van der Waals surface area contributed by atoms with E-state index in [9.17, 15) is 14.4 Å². The summed E-state index contributed by atoms with van der Waals surface area (Å²) in [6, 6.07) is 0. The maximum absolute atomic E-state index is 11.7. The molecule has 0 fully saturated rings. The molecule has 1 unspecified atom stereocenters. The van der Waals surface area contributed by atoms with Crippen molar-refractivity contribution in [2.75, 3.05) is 13.2 Å². The summed E-state index contributed by atoms with van der Waals surface area (Å²) in [5.41, 5.74) is -0.129. The average Bonchev–Trinajstić information content (AvgIpc) is 2.58. The Kier molecular flexibility index (Phi) is 13.6. The van der Waals surface area contributed by atoms with Gasteiger partial charge in [0.25, 0.3) is 0 Å². The van der Waals surface area contributed by atoms with Crippen LogP contribution in [0.1, 0.15) is 64.7 Å². The number of ether oxygens (including phenoxy) is 2. The lowest BCUT2D eigenvalue weighted by molar-refractivity contribution is -0.167. The number of carbonyl (C=O) groups excluding carboxylic acids is 3. The summed E-state index contributed by atoms with van der Waals surface area (Å²) in [6.07, 6.45) is 6.70. The number of carbonyl (C=O) groups is 3. The zero-order valence-corrected chi connectivity index (χ0v) is 15.0. The molecule has 0 rings (SSSR count). The van der Waals surface area contributed by atoms with Crippen molar-refractivity contribution in [2.45, 2.75) is 70.8 Å². The van der Waals surface area contributed by atoms with Gasteiger partial charge in [0.2, 0.25) is 0 Å². The Balaban J connectivity index is 3.76. The zero-order valence-electron chi connectivity index (χ0n) is 15.0. The van der Waals surface area contributed by atoms with Crippen LogP contribution in [0.15, 0.2) is 12.2 Å². The van der Waals surface area contributed by atoms with Crippen molar-refractivity contribution in [3.63, 3.8) is 0 Å². The van der Waals surface area contributed by atoms with Crippen LogP contribution in [0.4, 0.5) is 0 Å². The molecule has 0 saturated carbocycles. The molecule has 0 aromatic carbocycles. The predicted octanol–water partition coefficient (Wildman–Crippen LogP) is 2.04. The van der Waals surface area contributed by atoms with Gasteiger partial charge in [0.1, 0.15) is 0 Å². The first-order valence-electron chi connectivity index (χ1n) is 8.80. The standard InChI is InChI=1S/C18H30O7/c1-3-4-5-6-7-8-9-10-11-24-17(22)14(2)12-16(21)25-18(23)15(20)13-19/h15,19-20H,2-13H2,1H3. The van der Waals surface area contributed by atoms with E-state index in [2.05, 4.69) is 18.2 Å². The van der Waals surface area contributed by atoms with Crippen molar-refractivity contribution in [1.29, 1.82) is 0 Å². The molecule has 144 valence electrons. The lowest BCUT2D eigenvalue weighted by Crippen LogP contribution is -2.29. The van der Waals surface area contributed by atoms with Crippen LogP contribution < -0.4 is 0 Å². The Bertz CT molecular complexity index is 431. The van der Waals surface area contributed by atoms with Crippen LogP contribution in [0.3, 0.4) is 0 Å². The van der Waals surface area contributed by atoms with Crippen molar-refractivity contribution in [2.24, 2.45) is 0 Å². The number of unbranched alkanes of at least 4 members (excludes halogenated alkanes) is 7. The summed E-state index contributed by atoms with van der Waals surface area (Å²) in [5, 5.41) is 17.5. The van der Waals surface area contributed by atoms with Crippen LogP contribution >= 0.6 is 0 Å². The number of hydrogen-bond acceptors (Lipinski definition) is 7. The summed E-state index contributed by atoms with van der Waals surface area (Å²) in [6.45, 7) is 5.00. The van der Waals surface area contributed by atoms with Gasteiger partial charge >= 0.3 is 17.9 Å². The maximum Gasteiger partial charge on any atom is 0.345 e. The molecule has 0 amide bonds. The molecular formula is C18H30O7. The molecule has 0 aliphatic rings. The van der Waals surface area contributed by atoms with E-state index in [0.717, 1.165) is 19.3 Å². The van der Waals surface area contributed by atoms with Gasteiger partial charge in [0.05, 0.1) is 19.6 Å². The molecule has 25 heavy (non-hydrogen) atoms. The first-order valence-corrected chi connectivity index (χ1v) is 8.80. The number of esters is 3. The maximum atomic E-state index is 11.7. The van der Waals surface area contributed by atoms with Crippen molar-refractivity contribution in [1.82, 2.24) is 0 Å². The summed E-state index contributed by atoms with van der Waals surface area (Å²) in [5.74, 6) is -3.02. The normalized spacial score (nSPS) is 11.6. The molecule has 0 aromatic heterocycles. The molecule has 2 N–H and O–H groups in total. The summed E-state index contributed by atoms with van der Waals surface area (Å²) >= 11 is 0. The average molecular weight is 358 g/mol. The lowest BCUT2D eigenvalue weighted by Gasteiger charge is -2.08. The highest BCUT2D eigenvalue weighted by atomic mass is 16.6. The van der Waals surface area contributed by atoms with E-state index in [-0.39, 0.29) is 12.2 Å². The van der Waals surface area contributed by atoms with Crippen LogP contribution in [-0.2, 0) is 23.9 Å². The number of aliphatic hydroxyl groups excluding tert-OH is 2. The first-order chi connectivity index (χ1) is 11.9. The van der Waals surface area contributed by atoms with Crippen LogP contribution in [0, 0.1) is 0 Å². The van der Waals surface area contributed by atoms with E-state index in [1.165, 1.54) is 32.1 Å². The Hall–Kier alpha value is -1.73.